The third-order valence-electron chi connectivity index (χ3n) is 5.06. The van der Waals surface area contributed by atoms with Crippen molar-refractivity contribution in [1.82, 2.24) is 10.1 Å². The molecule has 2 aliphatic rings. The van der Waals surface area contributed by atoms with Crippen LogP contribution in [0.5, 0.6) is 5.75 Å². The van der Waals surface area contributed by atoms with Gasteiger partial charge in [0.1, 0.15) is 5.75 Å². The Morgan fingerprint density at radius 2 is 1.91 bits per heavy atom. The molecular weight excluding hydrogens is 302 g/mol. The standard InChI is InChI=1S/C16H19N3O2.ClH/c1-20-12-6-4-9(5-7-12)15-18-16(21-19-15)13-10-2-3-11(8-10)14(13)17;/h4-7,10-11,13-14H,2-3,8,17H2,1H3;1H. The van der Waals surface area contributed by atoms with Gasteiger partial charge in [0.05, 0.1) is 13.0 Å². The first kappa shape index (κ1) is 15.3. The monoisotopic (exact) mass is 321 g/mol. The highest BCUT2D eigenvalue weighted by Gasteiger charge is 2.48. The molecule has 22 heavy (non-hydrogen) atoms. The Hall–Kier alpha value is -1.59. The predicted octanol–water partition coefficient (Wildman–Crippen LogP) is 3.01. The van der Waals surface area contributed by atoms with Crippen molar-refractivity contribution in [2.45, 2.75) is 31.2 Å². The molecule has 5 nitrogen and oxygen atoms in total. The van der Waals surface area contributed by atoms with Gasteiger partial charge in [-0.05, 0) is 55.4 Å². The molecule has 1 heterocycles. The van der Waals surface area contributed by atoms with E-state index in [-0.39, 0.29) is 24.4 Å². The van der Waals surface area contributed by atoms with Crippen LogP contribution in [0.15, 0.2) is 28.8 Å². The lowest BCUT2D eigenvalue weighted by Gasteiger charge is -2.24. The van der Waals surface area contributed by atoms with Crippen LogP contribution < -0.4 is 10.5 Å². The van der Waals surface area contributed by atoms with Crippen LogP contribution in [-0.2, 0) is 0 Å². The third kappa shape index (κ3) is 2.38. The summed E-state index contributed by atoms with van der Waals surface area (Å²) in [6, 6.07) is 7.85. The van der Waals surface area contributed by atoms with Gasteiger partial charge in [-0.2, -0.15) is 4.98 Å². The molecule has 1 aromatic heterocycles. The van der Waals surface area contributed by atoms with E-state index in [1.165, 1.54) is 19.3 Å². The Kier molecular flexibility index (Phi) is 4.10. The summed E-state index contributed by atoms with van der Waals surface area (Å²) in [5.74, 6) is 3.65. The summed E-state index contributed by atoms with van der Waals surface area (Å²) >= 11 is 0. The quantitative estimate of drug-likeness (QED) is 0.940. The number of benzene rings is 1. The summed E-state index contributed by atoms with van der Waals surface area (Å²) in [6.07, 6.45) is 3.71. The molecule has 2 bridgehead atoms. The molecule has 4 rings (SSSR count). The highest BCUT2D eigenvalue weighted by Crippen LogP contribution is 2.51. The third-order valence-corrected chi connectivity index (χ3v) is 5.06. The number of fused-ring (bicyclic) bond motifs is 2. The molecule has 2 fully saturated rings. The number of aromatic nitrogens is 2. The molecule has 2 saturated carbocycles. The summed E-state index contributed by atoms with van der Waals surface area (Å²) in [7, 11) is 1.65. The lowest BCUT2D eigenvalue weighted by molar-refractivity contribution is 0.279. The molecular formula is C16H20ClN3O2. The number of hydrogen-bond acceptors (Lipinski definition) is 5. The molecule has 4 unspecified atom stereocenters. The minimum absolute atomic E-state index is 0. The minimum Gasteiger partial charge on any atom is -0.497 e. The van der Waals surface area contributed by atoms with E-state index in [4.69, 9.17) is 15.0 Å². The van der Waals surface area contributed by atoms with Crippen molar-refractivity contribution in [3.8, 4) is 17.1 Å². The van der Waals surface area contributed by atoms with Gasteiger partial charge in [-0.3, -0.25) is 0 Å². The normalized spacial score (nSPS) is 29.4. The van der Waals surface area contributed by atoms with E-state index >= 15 is 0 Å². The molecule has 2 aromatic rings. The number of rotatable bonds is 3. The number of halogens is 1. The summed E-state index contributed by atoms with van der Waals surface area (Å²) in [5.41, 5.74) is 7.27. The van der Waals surface area contributed by atoms with Gasteiger partial charge in [-0.25, -0.2) is 0 Å². The van der Waals surface area contributed by atoms with Crippen molar-refractivity contribution >= 4 is 12.4 Å². The van der Waals surface area contributed by atoms with E-state index in [0.29, 0.717) is 23.6 Å². The molecule has 2 aliphatic carbocycles. The van der Waals surface area contributed by atoms with Gasteiger partial charge < -0.3 is 15.0 Å². The fourth-order valence-electron chi connectivity index (χ4n) is 3.93. The van der Waals surface area contributed by atoms with E-state index in [2.05, 4.69) is 10.1 Å². The van der Waals surface area contributed by atoms with Crippen LogP contribution in [-0.4, -0.2) is 23.3 Å². The molecule has 0 amide bonds. The molecule has 6 heteroatoms. The maximum Gasteiger partial charge on any atom is 0.231 e. The highest BCUT2D eigenvalue weighted by molar-refractivity contribution is 5.85. The van der Waals surface area contributed by atoms with Gasteiger partial charge in [-0.15, -0.1) is 12.4 Å². The minimum atomic E-state index is 0. The SMILES string of the molecule is COc1ccc(-c2noc(C3C4CCC(C4)C3N)n2)cc1.Cl. The fourth-order valence-corrected chi connectivity index (χ4v) is 3.93. The number of hydrogen-bond donors (Lipinski definition) is 1. The second-order valence-electron chi connectivity index (χ2n) is 6.12. The van der Waals surface area contributed by atoms with Crippen LogP contribution in [0.4, 0.5) is 0 Å². The largest absolute Gasteiger partial charge is 0.497 e. The first-order valence-electron chi connectivity index (χ1n) is 7.50. The number of nitrogens with two attached hydrogens (primary N) is 1. The van der Waals surface area contributed by atoms with Crippen LogP contribution in [0.1, 0.15) is 31.1 Å². The van der Waals surface area contributed by atoms with Crippen LogP contribution in [0.2, 0.25) is 0 Å². The smallest absolute Gasteiger partial charge is 0.231 e. The molecule has 0 radical (unpaired) electrons. The Balaban J connectivity index is 0.00000144. The van der Waals surface area contributed by atoms with Crippen molar-refractivity contribution in [3.63, 3.8) is 0 Å². The summed E-state index contributed by atoms with van der Waals surface area (Å²) < 4.78 is 10.7. The molecule has 0 saturated heterocycles. The zero-order valence-electron chi connectivity index (χ0n) is 12.4. The summed E-state index contributed by atoms with van der Waals surface area (Å²) in [6.45, 7) is 0. The second-order valence-corrected chi connectivity index (χ2v) is 6.12. The average molecular weight is 322 g/mol. The van der Waals surface area contributed by atoms with Crippen LogP contribution in [0, 0.1) is 11.8 Å². The zero-order chi connectivity index (χ0) is 14.4. The Labute approximate surface area is 135 Å². The molecule has 1 aromatic carbocycles. The Morgan fingerprint density at radius 1 is 1.18 bits per heavy atom. The van der Waals surface area contributed by atoms with Crippen LogP contribution >= 0.6 is 12.4 Å². The van der Waals surface area contributed by atoms with Gasteiger partial charge in [-0.1, -0.05) is 5.16 Å². The molecule has 0 spiro atoms. The first-order valence-corrected chi connectivity index (χ1v) is 7.50. The van der Waals surface area contributed by atoms with Gasteiger partial charge in [0.25, 0.3) is 0 Å². The van der Waals surface area contributed by atoms with Crippen LogP contribution in [0.3, 0.4) is 0 Å². The summed E-state index contributed by atoms with van der Waals surface area (Å²) in [4.78, 5) is 4.59. The van der Waals surface area contributed by atoms with Crippen molar-refractivity contribution in [3.05, 3.63) is 30.2 Å². The van der Waals surface area contributed by atoms with Crippen molar-refractivity contribution < 1.29 is 9.26 Å². The van der Waals surface area contributed by atoms with E-state index in [9.17, 15) is 0 Å². The van der Waals surface area contributed by atoms with Crippen molar-refractivity contribution in [1.29, 1.82) is 0 Å². The Bertz CT molecular complexity index is 641. The Morgan fingerprint density at radius 3 is 2.55 bits per heavy atom. The van der Waals surface area contributed by atoms with E-state index in [1.807, 2.05) is 24.3 Å². The topological polar surface area (TPSA) is 74.2 Å². The van der Waals surface area contributed by atoms with Gasteiger partial charge in [0, 0.05) is 11.6 Å². The second kappa shape index (κ2) is 5.89. The molecule has 2 N–H and O–H groups in total. The number of methoxy groups -OCH3 is 1. The zero-order valence-corrected chi connectivity index (χ0v) is 13.3. The summed E-state index contributed by atoms with van der Waals surface area (Å²) in [5, 5.41) is 4.12. The maximum atomic E-state index is 6.34. The van der Waals surface area contributed by atoms with Crippen molar-refractivity contribution in [2.75, 3.05) is 7.11 Å². The fraction of sp³-hybridized carbons (Fsp3) is 0.500. The number of ether oxygens (including phenoxy) is 1. The molecule has 118 valence electrons. The van der Waals surface area contributed by atoms with E-state index in [1.54, 1.807) is 7.11 Å². The first-order chi connectivity index (χ1) is 10.3. The lowest BCUT2D eigenvalue weighted by atomic mass is 9.85. The van der Waals surface area contributed by atoms with E-state index < -0.39 is 0 Å². The molecule has 0 aliphatic heterocycles. The average Bonchev–Trinajstić information content (AvgIpc) is 3.22. The van der Waals surface area contributed by atoms with Gasteiger partial charge in [0.2, 0.25) is 11.7 Å². The van der Waals surface area contributed by atoms with Crippen LogP contribution in [0.25, 0.3) is 11.4 Å². The number of nitrogens with zero attached hydrogens (tertiary/aromatic N) is 2. The lowest BCUT2D eigenvalue weighted by Crippen LogP contribution is -2.34. The predicted molar refractivity (Wildman–Crippen MR) is 85.1 cm³/mol. The van der Waals surface area contributed by atoms with Gasteiger partial charge >= 0.3 is 0 Å². The van der Waals surface area contributed by atoms with E-state index in [0.717, 1.165) is 11.3 Å². The van der Waals surface area contributed by atoms with Gasteiger partial charge in [0.15, 0.2) is 0 Å². The highest BCUT2D eigenvalue weighted by atomic mass is 35.5. The van der Waals surface area contributed by atoms with Crippen molar-refractivity contribution in [2.24, 2.45) is 17.6 Å². The molecule has 4 atom stereocenters. The maximum absolute atomic E-state index is 6.34.